The van der Waals surface area contributed by atoms with Crippen LogP contribution in [-0.2, 0) is 0 Å². The van der Waals surface area contributed by atoms with E-state index in [9.17, 15) is 9.18 Å². The van der Waals surface area contributed by atoms with E-state index < -0.39 is 5.97 Å². The van der Waals surface area contributed by atoms with Crippen molar-refractivity contribution < 1.29 is 14.3 Å². The Labute approximate surface area is 124 Å². The van der Waals surface area contributed by atoms with Crippen molar-refractivity contribution in [2.24, 2.45) is 0 Å². The average molecular weight is 338 g/mol. The quantitative estimate of drug-likeness (QED) is 0.865. The largest absolute Gasteiger partial charge is 0.478 e. The van der Waals surface area contributed by atoms with Crippen molar-refractivity contribution in [2.75, 3.05) is 5.32 Å². The lowest BCUT2D eigenvalue weighted by Crippen LogP contribution is -2.08. The Morgan fingerprint density at radius 2 is 2.05 bits per heavy atom. The van der Waals surface area contributed by atoms with Crippen molar-refractivity contribution in [2.45, 2.75) is 13.0 Å². The van der Waals surface area contributed by atoms with E-state index in [4.69, 9.17) is 5.11 Å². The monoisotopic (exact) mass is 337 g/mol. The minimum Gasteiger partial charge on any atom is -0.478 e. The van der Waals surface area contributed by atoms with Gasteiger partial charge in [-0.3, -0.25) is 0 Å². The van der Waals surface area contributed by atoms with Gasteiger partial charge in [0, 0.05) is 16.2 Å². The topological polar surface area (TPSA) is 49.3 Å². The first-order chi connectivity index (χ1) is 9.47. The van der Waals surface area contributed by atoms with Gasteiger partial charge in [-0.25, -0.2) is 9.18 Å². The third kappa shape index (κ3) is 3.36. The van der Waals surface area contributed by atoms with Crippen LogP contribution in [0, 0.1) is 5.82 Å². The van der Waals surface area contributed by atoms with Gasteiger partial charge in [-0.05, 0) is 42.8 Å². The maximum atomic E-state index is 13.1. The lowest BCUT2D eigenvalue weighted by Gasteiger charge is -2.17. The van der Waals surface area contributed by atoms with E-state index in [2.05, 4.69) is 21.2 Å². The van der Waals surface area contributed by atoms with E-state index in [0.29, 0.717) is 10.2 Å². The standard InChI is InChI=1S/C15H13BrFNO2/c1-9(13-6-5-11(17)8-14(13)16)18-12-4-2-3-10(7-12)15(19)20/h2-9,18H,1H3,(H,19,20). The zero-order chi connectivity index (χ0) is 14.7. The molecule has 1 unspecified atom stereocenters. The fourth-order valence-corrected chi connectivity index (χ4v) is 2.62. The Kier molecular flexibility index (Phi) is 4.39. The summed E-state index contributed by atoms with van der Waals surface area (Å²) in [5, 5.41) is 12.2. The Balaban J connectivity index is 2.21. The van der Waals surface area contributed by atoms with Gasteiger partial charge >= 0.3 is 5.97 Å². The molecule has 20 heavy (non-hydrogen) atoms. The van der Waals surface area contributed by atoms with E-state index in [1.807, 2.05) is 6.92 Å². The first kappa shape index (κ1) is 14.5. The number of rotatable bonds is 4. The molecule has 5 heteroatoms. The summed E-state index contributed by atoms with van der Waals surface area (Å²) in [4.78, 5) is 10.9. The lowest BCUT2D eigenvalue weighted by molar-refractivity contribution is 0.0697. The second-order valence-electron chi connectivity index (χ2n) is 4.42. The molecule has 0 radical (unpaired) electrons. The molecule has 0 amide bonds. The van der Waals surface area contributed by atoms with Crippen molar-refractivity contribution in [1.82, 2.24) is 0 Å². The maximum Gasteiger partial charge on any atom is 0.335 e. The smallest absolute Gasteiger partial charge is 0.335 e. The van der Waals surface area contributed by atoms with Crippen LogP contribution in [0.15, 0.2) is 46.9 Å². The highest BCUT2D eigenvalue weighted by molar-refractivity contribution is 9.10. The van der Waals surface area contributed by atoms with E-state index in [-0.39, 0.29) is 17.4 Å². The van der Waals surface area contributed by atoms with Crippen molar-refractivity contribution >= 4 is 27.6 Å². The molecule has 0 aliphatic heterocycles. The number of carboxylic acids is 1. The van der Waals surface area contributed by atoms with Gasteiger partial charge in [0.2, 0.25) is 0 Å². The summed E-state index contributed by atoms with van der Waals surface area (Å²) in [5.41, 5.74) is 1.82. The number of aromatic carboxylic acids is 1. The molecule has 2 aromatic carbocycles. The highest BCUT2D eigenvalue weighted by Crippen LogP contribution is 2.27. The van der Waals surface area contributed by atoms with Crippen molar-refractivity contribution in [3.8, 4) is 0 Å². The number of benzene rings is 2. The molecule has 1 atom stereocenters. The summed E-state index contributed by atoms with van der Waals surface area (Å²) in [6, 6.07) is 11.0. The van der Waals surface area contributed by atoms with Gasteiger partial charge in [0.15, 0.2) is 0 Å². The van der Waals surface area contributed by atoms with Crippen LogP contribution in [0.25, 0.3) is 0 Å². The second-order valence-corrected chi connectivity index (χ2v) is 5.27. The summed E-state index contributed by atoms with van der Waals surface area (Å²) < 4.78 is 13.7. The number of nitrogens with one attached hydrogen (secondary N) is 1. The molecule has 2 rings (SSSR count). The number of hydrogen-bond donors (Lipinski definition) is 2. The van der Waals surface area contributed by atoms with Gasteiger partial charge in [0.25, 0.3) is 0 Å². The number of anilines is 1. The molecule has 0 spiro atoms. The molecule has 0 fully saturated rings. The van der Waals surface area contributed by atoms with Crippen molar-refractivity contribution in [3.63, 3.8) is 0 Å². The van der Waals surface area contributed by atoms with Crippen LogP contribution in [0.2, 0.25) is 0 Å². The fourth-order valence-electron chi connectivity index (χ4n) is 1.92. The van der Waals surface area contributed by atoms with Crippen LogP contribution in [0.5, 0.6) is 0 Å². The maximum absolute atomic E-state index is 13.1. The predicted octanol–water partition coefficient (Wildman–Crippen LogP) is 4.46. The first-order valence-corrected chi connectivity index (χ1v) is 6.81. The van der Waals surface area contributed by atoms with E-state index in [0.717, 1.165) is 5.56 Å². The summed E-state index contributed by atoms with van der Waals surface area (Å²) in [7, 11) is 0. The van der Waals surface area contributed by atoms with E-state index in [1.54, 1.807) is 24.3 Å². The Morgan fingerprint density at radius 3 is 2.70 bits per heavy atom. The zero-order valence-corrected chi connectivity index (χ0v) is 12.3. The van der Waals surface area contributed by atoms with Crippen molar-refractivity contribution in [3.05, 3.63) is 63.9 Å². The van der Waals surface area contributed by atoms with Gasteiger partial charge in [-0.1, -0.05) is 28.1 Å². The minimum atomic E-state index is -0.968. The van der Waals surface area contributed by atoms with Crippen LogP contribution in [0.3, 0.4) is 0 Å². The summed E-state index contributed by atoms with van der Waals surface area (Å²) in [6.45, 7) is 1.92. The molecule has 0 bridgehead atoms. The molecule has 0 aromatic heterocycles. The van der Waals surface area contributed by atoms with E-state index >= 15 is 0 Å². The van der Waals surface area contributed by atoms with Crippen LogP contribution in [0.4, 0.5) is 10.1 Å². The molecular weight excluding hydrogens is 325 g/mol. The Bertz CT molecular complexity index is 646. The molecule has 0 saturated carbocycles. The summed E-state index contributed by atoms with van der Waals surface area (Å²) >= 11 is 3.32. The van der Waals surface area contributed by atoms with Crippen LogP contribution in [-0.4, -0.2) is 11.1 Å². The fraction of sp³-hybridized carbons (Fsp3) is 0.133. The van der Waals surface area contributed by atoms with Crippen molar-refractivity contribution in [1.29, 1.82) is 0 Å². The highest BCUT2D eigenvalue weighted by atomic mass is 79.9. The molecule has 0 aliphatic rings. The third-order valence-electron chi connectivity index (χ3n) is 2.92. The van der Waals surface area contributed by atoms with Crippen LogP contribution >= 0.6 is 15.9 Å². The predicted molar refractivity (Wildman–Crippen MR) is 79.5 cm³/mol. The van der Waals surface area contributed by atoms with Crippen LogP contribution in [0.1, 0.15) is 28.9 Å². The average Bonchev–Trinajstić information content (AvgIpc) is 2.38. The Hall–Kier alpha value is -1.88. The highest BCUT2D eigenvalue weighted by Gasteiger charge is 2.11. The summed E-state index contributed by atoms with van der Waals surface area (Å²) in [5.74, 6) is -1.27. The van der Waals surface area contributed by atoms with Gasteiger partial charge in [-0.2, -0.15) is 0 Å². The molecule has 0 heterocycles. The number of carboxylic acid groups (broad SMARTS) is 1. The lowest BCUT2D eigenvalue weighted by atomic mass is 10.1. The van der Waals surface area contributed by atoms with Gasteiger partial charge in [0.05, 0.1) is 5.56 Å². The molecular formula is C15H13BrFNO2. The second kappa shape index (κ2) is 6.05. The van der Waals surface area contributed by atoms with Gasteiger partial charge in [-0.15, -0.1) is 0 Å². The van der Waals surface area contributed by atoms with Gasteiger partial charge < -0.3 is 10.4 Å². The number of hydrogen-bond acceptors (Lipinski definition) is 2. The molecule has 2 N–H and O–H groups in total. The first-order valence-electron chi connectivity index (χ1n) is 6.02. The number of halogens is 2. The van der Waals surface area contributed by atoms with Crippen LogP contribution < -0.4 is 5.32 Å². The van der Waals surface area contributed by atoms with Gasteiger partial charge in [0.1, 0.15) is 5.82 Å². The molecule has 0 aliphatic carbocycles. The molecule has 2 aromatic rings. The molecule has 3 nitrogen and oxygen atoms in total. The SMILES string of the molecule is CC(Nc1cccc(C(=O)O)c1)c1ccc(F)cc1Br. The normalized spacial score (nSPS) is 11.9. The Morgan fingerprint density at radius 1 is 1.30 bits per heavy atom. The summed E-state index contributed by atoms with van der Waals surface area (Å²) in [6.07, 6.45) is 0. The molecule has 104 valence electrons. The third-order valence-corrected chi connectivity index (χ3v) is 3.61. The zero-order valence-electron chi connectivity index (χ0n) is 10.7. The van der Waals surface area contributed by atoms with E-state index in [1.165, 1.54) is 18.2 Å². The minimum absolute atomic E-state index is 0.0889. The number of carbonyl (C=O) groups is 1. The molecule has 0 saturated heterocycles.